The number of thiazole rings is 1. The third-order valence-electron chi connectivity index (χ3n) is 2.70. The highest BCUT2D eigenvalue weighted by atomic mass is 35.5. The van der Waals surface area contributed by atoms with Gasteiger partial charge in [0.2, 0.25) is 0 Å². The van der Waals surface area contributed by atoms with E-state index in [1.807, 2.05) is 13.1 Å². The fourth-order valence-corrected chi connectivity index (χ4v) is 2.70. The highest BCUT2D eigenvalue weighted by Crippen LogP contribution is 2.22. The van der Waals surface area contributed by atoms with Crippen LogP contribution in [0.1, 0.15) is 40.1 Å². The molecule has 0 saturated carbocycles. The molecule has 0 radical (unpaired) electrons. The van der Waals surface area contributed by atoms with Crippen molar-refractivity contribution in [2.24, 2.45) is 0 Å². The Hall–Kier alpha value is -1.17. The predicted molar refractivity (Wildman–Crippen MR) is 81.6 cm³/mol. The molecule has 0 aliphatic heterocycles. The Kier molecular flexibility index (Phi) is 4.96. The summed E-state index contributed by atoms with van der Waals surface area (Å²) in [5.41, 5.74) is 0.374. The van der Waals surface area contributed by atoms with Crippen molar-refractivity contribution in [2.45, 2.75) is 26.3 Å². The van der Waals surface area contributed by atoms with Crippen LogP contribution in [-0.4, -0.2) is 15.9 Å². The number of hydrogen-bond donors (Lipinski definition) is 1. The van der Waals surface area contributed by atoms with E-state index in [9.17, 15) is 4.79 Å². The monoisotopic (exact) mass is 329 g/mol. The maximum Gasteiger partial charge on any atom is 0.253 e. The van der Waals surface area contributed by atoms with E-state index < -0.39 is 0 Å². The molecule has 7 heteroatoms. The first-order chi connectivity index (χ1) is 9.51. The Morgan fingerprint density at radius 3 is 2.75 bits per heavy atom. The molecule has 4 nitrogen and oxygen atoms in total. The lowest BCUT2D eigenvalue weighted by molar-refractivity contribution is 0.0939. The Balaban J connectivity index is 2.08. The maximum absolute atomic E-state index is 12.1. The van der Waals surface area contributed by atoms with Gasteiger partial charge in [-0.3, -0.25) is 4.79 Å². The molecule has 0 aliphatic rings. The van der Waals surface area contributed by atoms with Crippen LogP contribution in [0.4, 0.5) is 0 Å². The second-order valence-corrected chi connectivity index (χ2v) is 6.12. The van der Waals surface area contributed by atoms with Crippen molar-refractivity contribution in [1.82, 2.24) is 15.3 Å². The number of aryl methyl sites for hydroxylation is 1. The van der Waals surface area contributed by atoms with Gasteiger partial charge in [-0.15, -0.1) is 11.3 Å². The van der Waals surface area contributed by atoms with Gasteiger partial charge in [-0.25, -0.2) is 9.97 Å². The number of nitrogens with one attached hydrogen (secondary N) is 1. The van der Waals surface area contributed by atoms with Crippen LogP contribution in [0.25, 0.3) is 0 Å². The van der Waals surface area contributed by atoms with E-state index >= 15 is 0 Å². The van der Waals surface area contributed by atoms with E-state index in [4.69, 9.17) is 23.2 Å². The number of amides is 1. The first-order valence-corrected chi connectivity index (χ1v) is 7.65. The minimum absolute atomic E-state index is 0.165. The van der Waals surface area contributed by atoms with E-state index in [1.165, 1.54) is 17.1 Å². The molecule has 0 aliphatic carbocycles. The summed E-state index contributed by atoms with van der Waals surface area (Å²) in [4.78, 5) is 21.4. The van der Waals surface area contributed by atoms with Crippen molar-refractivity contribution in [3.05, 3.63) is 44.1 Å². The highest BCUT2D eigenvalue weighted by Gasteiger charge is 2.15. The topological polar surface area (TPSA) is 54.9 Å². The molecule has 2 rings (SSSR count). The van der Waals surface area contributed by atoms with Gasteiger partial charge in [-0.1, -0.05) is 30.1 Å². The van der Waals surface area contributed by atoms with Crippen molar-refractivity contribution in [3.8, 4) is 0 Å². The number of hydrogen-bond acceptors (Lipinski definition) is 4. The molecule has 1 amide bonds. The van der Waals surface area contributed by atoms with Gasteiger partial charge in [0, 0.05) is 17.3 Å². The van der Waals surface area contributed by atoms with E-state index in [0.717, 1.165) is 11.4 Å². The zero-order chi connectivity index (χ0) is 14.7. The lowest BCUT2D eigenvalue weighted by atomic mass is 10.2. The molecule has 0 spiro atoms. The van der Waals surface area contributed by atoms with Gasteiger partial charge in [0.25, 0.3) is 5.91 Å². The normalized spacial score (nSPS) is 12.2. The Morgan fingerprint density at radius 1 is 1.40 bits per heavy atom. The van der Waals surface area contributed by atoms with Crippen molar-refractivity contribution in [1.29, 1.82) is 0 Å². The number of carbonyl (C=O) groups is 1. The number of nitrogens with zero attached hydrogens (tertiary/aromatic N) is 2. The van der Waals surface area contributed by atoms with Crippen LogP contribution < -0.4 is 5.32 Å². The molecule has 0 bridgehead atoms. The predicted octanol–water partition coefficient (Wildman–Crippen LogP) is 3.90. The van der Waals surface area contributed by atoms with Crippen LogP contribution in [0, 0.1) is 0 Å². The van der Waals surface area contributed by atoms with Crippen LogP contribution in [0.5, 0.6) is 0 Å². The lowest BCUT2D eigenvalue weighted by Gasteiger charge is -2.11. The van der Waals surface area contributed by atoms with Crippen molar-refractivity contribution in [2.75, 3.05) is 0 Å². The maximum atomic E-state index is 12.1. The molecular formula is C13H13Cl2N3OS. The quantitative estimate of drug-likeness (QED) is 0.865. The average molecular weight is 330 g/mol. The first kappa shape index (κ1) is 15.2. The van der Waals surface area contributed by atoms with E-state index in [0.29, 0.717) is 5.56 Å². The Labute approximate surface area is 131 Å². The van der Waals surface area contributed by atoms with E-state index in [2.05, 4.69) is 22.2 Å². The smallest absolute Gasteiger partial charge is 0.253 e. The minimum atomic E-state index is -0.253. The molecule has 0 aromatic carbocycles. The summed E-state index contributed by atoms with van der Waals surface area (Å²) in [6.45, 7) is 3.96. The summed E-state index contributed by atoms with van der Waals surface area (Å²) in [5.74, 6) is -0.253. The lowest BCUT2D eigenvalue weighted by Crippen LogP contribution is -2.26. The molecule has 0 fully saturated rings. The zero-order valence-electron chi connectivity index (χ0n) is 11.0. The minimum Gasteiger partial charge on any atom is -0.343 e. The van der Waals surface area contributed by atoms with E-state index in [1.54, 1.807) is 11.3 Å². The van der Waals surface area contributed by atoms with E-state index in [-0.39, 0.29) is 22.1 Å². The standard InChI is InChI=1S/C13H13Cl2N3OS/c1-3-9-6-17-13(20-9)7(2)18-12(19)8-4-10(14)11(15)16-5-8/h4-7H,3H2,1-2H3,(H,18,19). The molecule has 2 aromatic heterocycles. The number of carbonyl (C=O) groups excluding carboxylic acids is 1. The highest BCUT2D eigenvalue weighted by molar-refractivity contribution is 7.11. The third kappa shape index (κ3) is 3.48. The van der Waals surface area contributed by atoms with Gasteiger partial charge < -0.3 is 5.32 Å². The Bertz CT molecular complexity index is 630. The number of rotatable bonds is 4. The SMILES string of the molecule is CCc1cnc(C(C)NC(=O)c2cnc(Cl)c(Cl)c2)s1. The zero-order valence-corrected chi connectivity index (χ0v) is 13.3. The Morgan fingerprint density at radius 2 is 2.15 bits per heavy atom. The van der Waals surface area contributed by atoms with Crippen molar-refractivity contribution in [3.63, 3.8) is 0 Å². The molecule has 1 unspecified atom stereocenters. The van der Waals surface area contributed by atoms with Crippen LogP contribution in [0.2, 0.25) is 10.2 Å². The molecule has 20 heavy (non-hydrogen) atoms. The fourth-order valence-electron chi connectivity index (χ4n) is 1.57. The molecule has 106 valence electrons. The molecule has 0 saturated heterocycles. The van der Waals surface area contributed by atoms with Gasteiger partial charge in [-0.2, -0.15) is 0 Å². The summed E-state index contributed by atoms with van der Waals surface area (Å²) < 4.78 is 0. The van der Waals surface area contributed by atoms with Gasteiger partial charge in [0.15, 0.2) is 0 Å². The molecule has 2 heterocycles. The number of pyridine rings is 1. The largest absolute Gasteiger partial charge is 0.343 e. The average Bonchev–Trinajstić information content (AvgIpc) is 2.90. The summed E-state index contributed by atoms with van der Waals surface area (Å²) >= 11 is 13.2. The molecular weight excluding hydrogens is 317 g/mol. The third-order valence-corrected chi connectivity index (χ3v) is 4.71. The summed E-state index contributed by atoms with van der Waals surface area (Å²) in [6, 6.07) is 1.33. The van der Waals surface area contributed by atoms with Crippen LogP contribution in [-0.2, 0) is 6.42 Å². The molecule has 1 N–H and O–H groups in total. The summed E-state index contributed by atoms with van der Waals surface area (Å²) in [5, 5.41) is 4.18. The van der Waals surface area contributed by atoms with Crippen LogP contribution >= 0.6 is 34.5 Å². The summed E-state index contributed by atoms with van der Waals surface area (Å²) in [7, 11) is 0. The molecule has 1 atom stereocenters. The van der Waals surface area contributed by atoms with Gasteiger partial charge in [0.05, 0.1) is 16.6 Å². The van der Waals surface area contributed by atoms with Gasteiger partial charge in [-0.05, 0) is 19.4 Å². The fraction of sp³-hybridized carbons (Fsp3) is 0.308. The summed E-state index contributed by atoms with van der Waals surface area (Å²) in [6.07, 6.45) is 4.17. The number of aromatic nitrogens is 2. The second-order valence-electron chi connectivity index (χ2n) is 4.21. The van der Waals surface area contributed by atoms with Crippen LogP contribution in [0.15, 0.2) is 18.5 Å². The molecule has 2 aromatic rings. The second kappa shape index (κ2) is 6.52. The van der Waals surface area contributed by atoms with Crippen molar-refractivity contribution < 1.29 is 4.79 Å². The van der Waals surface area contributed by atoms with Gasteiger partial charge >= 0.3 is 0 Å². The number of halogens is 2. The first-order valence-electron chi connectivity index (χ1n) is 6.07. The van der Waals surface area contributed by atoms with Crippen LogP contribution in [0.3, 0.4) is 0 Å². The van der Waals surface area contributed by atoms with Crippen molar-refractivity contribution >= 4 is 40.4 Å². The van der Waals surface area contributed by atoms with Gasteiger partial charge in [0.1, 0.15) is 10.2 Å².